The molecule has 0 radical (unpaired) electrons. The van der Waals surface area contributed by atoms with Gasteiger partial charge < -0.3 is 18.9 Å². The Kier molecular flexibility index (Phi) is 8.12. The van der Waals surface area contributed by atoms with E-state index < -0.39 is 0 Å². The molecule has 2 aliphatic heterocycles. The molecule has 2 heterocycles. The topological polar surface area (TPSA) is 54.0 Å². The first-order chi connectivity index (χ1) is 15.7. The van der Waals surface area contributed by atoms with Crippen LogP contribution >= 0.6 is 0 Å². The van der Waals surface area contributed by atoms with E-state index in [1.54, 1.807) is 24.3 Å². The van der Waals surface area contributed by atoms with Gasteiger partial charge in [-0.15, -0.1) is 0 Å². The summed E-state index contributed by atoms with van der Waals surface area (Å²) in [6, 6.07) is 15.3. The highest BCUT2D eigenvalue weighted by atomic mass is 16.7. The van der Waals surface area contributed by atoms with Gasteiger partial charge in [0, 0.05) is 12.8 Å². The second-order valence-electron chi connectivity index (χ2n) is 8.04. The lowest BCUT2D eigenvalue weighted by Gasteiger charge is -2.23. The minimum Gasteiger partial charge on any atom is -0.465 e. The van der Waals surface area contributed by atoms with E-state index in [1.807, 2.05) is 48.5 Å². The van der Waals surface area contributed by atoms with Gasteiger partial charge in [-0.1, -0.05) is 36.4 Å². The Bertz CT molecular complexity index is 827. The molecule has 2 aromatic rings. The summed E-state index contributed by atoms with van der Waals surface area (Å²) in [7, 11) is 0. The van der Waals surface area contributed by atoms with Crippen LogP contribution in [0.15, 0.2) is 60.7 Å². The normalized spacial score (nSPS) is 21.6. The Morgan fingerprint density at radius 1 is 0.688 bits per heavy atom. The summed E-state index contributed by atoms with van der Waals surface area (Å²) in [6.07, 6.45) is 12.7. The number of carbonyl (C=O) groups is 1. The van der Waals surface area contributed by atoms with Gasteiger partial charge in [-0.2, -0.15) is 0 Å². The lowest BCUT2D eigenvalue weighted by Crippen LogP contribution is -2.24. The molecular formula is C27H30O5. The summed E-state index contributed by atoms with van der Waals surface area (Å²) in [5.41, 5.74) is 1.88. The van der Waals surface area contributed by atoms with Gasteiger partial charge in [0.2, 0.25) is 0 Å². The van der Waals surface area contributed by atoms with Gasteiger partial charge in [0.15, 0.2) is 18.4 Å². The molecule has 2 unspecified atom stereocenters. The van der Waals surface area contributed by atoms with Crippen LogP contribution in [-0.4, -0.2) is 31.6 Å². The van der Waals surface area contributed by atoms with Crippen LogP contribution in [0.5, 0.6) is 11.5 Å². The molecule has 0 aromatic heterocycles. The highest BCUT2D eigenvalue weighted by Gasteiger charge is 2.15. The number of ketones is 1. The van der Waals surface area contributed by atoms with Crippen molar-refractivity contribution >= 4 is 17.9 Å². The molecule has 2 atom stereocenters. The second-order valence-corrected chi connectivity index (χ2v) is 8.04. The third-order valence-electron chi connectivity index (χ3n) is 5.45. The van der Waals surface area contributed by atoms with Crippen LogP contribution in [0.25, 0.3) is 12.2 Å². The Hall–Kier alpha value is -2.89. The van der Waals surface area contributed by atoms with Crippen LogP contribution in [-0.2, 0) is 14.3 Å². The highest BCUT2D eigenvalue weighted by molar-refractivity contribution is 6.04. The Labute approximate surface area is 189 Å². The highest BCUT2D eigenvalue weighted by Crippen LogP contribution is 2.21. The van der Waals surface area contributed by atoms with E-state index in [0.717, 1.165) is 74.4 Å². The van der Waals surface area contributed by atoms with Crippen molar-refractivity contribution in [2.24, 2.45) is 0 Å². The molecule has 32 heavy (non-hydrogen) atoms. The summed E-state index contributed by atoms with van der Waals surface area (Å²) >= 11 is 0. The summed E-state index contributed by atoms with van der Waals surface area (Å²) < 4.78 is 22.9. The summed E-state index contributed by atoms with van der Waals surface area (Å²) in [5, 5.41) is 0. The van der Waals surface area contributed by atoms with E-state index in [9.17, 15) is 4.79 Å². The predicted molar refractivity (Wildman–Crippen MR) is 124 cm³/mol. The second kappa shape index (κ2) is 11.7. The Morgan fingerprint density at radius 2 is 1.12 bits per heavy atom. The average molecular weight is 435 g/mol. The zero-order valence-corrected chi connectivity index (χ0v) is 18.3. The van der Waals surface area contributed by atoms with Gasteiger partial charge in [0.1, 0.15) is 11.5 Å². The molecule has 2 aromatic carbocycles. The van der Waals surface area contributed by atoms with Crippen molar-refractivity contribution in [3.63, 3.8) is 0 Å². The number of hydrogen-bond acceptors (Lipinski definition) is 5. The Morgan fingerprint density at radius 3 is 1.50 bits per heavy atom. The number of ether oxygens (including phenoxy) is 4. The van der Waals surface area contributed by atoms with Crippen molar-refractivity contribution < 1.29 is 23.7 Å². The fourth-order valence-corrected chi connectivity index (χ4v) is 3.64. The van der Waals surface area contributed by atoms with Gasteiger partial charge in [-0.25, -0.2) is 0 Å². The van der Waals surface area contributed by atoms with Crippen LogP contribution < -0.4 is 9.47 Å². The van der Waals surface area contributed by atoms with Crippen LogP contribution in [0.3, 0.4) is 0 Å². The van der Waals surface area contributed by atoms with Crippen molar-refractivity contribution in [2.45, 2.75) is 51.1 Å². The van der Waals surface area contributed by atoms with Crippen molar-refractivity contribution in [1.29, 1.82) is 0 Å². The summed E-state index contributed by atoms with van der Waals surface area (Å²) in [5.74, 6) is 1.49. The molecule has 2 aliphatic rings. The number of benzene rings is 2. The van der Waals surface area contributed by atoms with E-state index >= 15 is 0 Å². The molecular weight excluding hydrogens is 404 g/mol. The van der Waals surface area contributed by atoms with Crippen molar-refractivity contribution in [3.8, 4) is 11.5 Å². The molecule has 5 nitrogen and oxygen atoms in total. The number of hydrogen-bond donors (Lipinski definition) is 0. The zero-order chi connectivity index (χ0) is 22.0. The van der Waals surface area contributed by atoms with Crippen molar-refractivity contribution in [1.82, 2.24) is 0 Å². The van der Waals surface area contributed by atoms with Gasteiger partial charge in [0.05, 0.1) is 13.2 Å². The molecule has 0 spiro atoms. The standard InChI is InChI=1S/C27H30O5/c28-23(13-7-21-9-15-24(16-10-21)31-26-5-1-3-19-29-26)14-8-22-11-17-25(18-12-22)32-27-6-2-4-20-30-27/h7-18,26-27H,1-6,19-20H2/b13-7+,14-8+. The molecule has 0 aliphatic carbocycles. The maximum atomic E-state index is 12.2. The van der Waals surface area contributed by atoms with Gasteiger partial charge in [-0.05, 0) is 73.2 Å². The first-order valence-electron chi connectivity index (χ1n) is 11.4. The van der Waals surface area contributed by atoms with E-state index in [2.05, 4.69) is 0 Å². The van der Waals surface area contributed by atoms with Crippen LogP contribution in [0.1, 0.15) is 49.7 Å². The minimum absolute atomic E-state index is 0.0723. The van der Waals surface area contributed by atoms with E-state index in [4.69, 9.17) is 18.9 Å². The smallest absolute Gasteiger partial charge is 0.199 e. The largest absolute Gasteiger partial charge is 0.465 e. The third kappa shape index (κ3) is 7.08. The fraction of sp³-hybridized carbons (Fsp3) is 0.370. The first-order valence-corrected chi connectivity index (χ1v) is 11.4. The van der Waals surface area contributed by atoms with Crippen molar-refractivity contribution in [2.75, 3.05) is 13.2 Å². The van der Waals surface area contributed by atoms with Crippen LogP contribution in [0.4, 0.5) is 0 Å². The number of carbonyl (C=O) groups excluding carboxylic acids is 1. The maximum Gasteiger partial charge on any atom is 0.199 e. The maximum absolute atomic E-state index is 12.2. The van der Waals surface area contributed by atoms with Crippen molar-refractivity contribution in [3.05, 3.63) is 71.8 Å². The molecule has 0 saturated carbocycles. The third-order valence-corrected chi connectivity index (χ3v) is 5.45. The van der Waals surface area contributed by atoms with E-state index in [-0.39, 0.29) is 18.4 Å². The number of allylic oxidation sites excluding steroid dienone is 2. The quantitative estimate of drug-likeness (QED) is 0.492. The lowest BCUT2D eigenvalue weighted by atomic mass is 10.1. The molecule has 2 fully saturated rings. The van der Waals surface area contributed by atoms with Gasteiger partial charge >= 0.3 is 0 Å². The zero-order valence-electron chi connectivity index (χ0n) is 18.3. The predicted octanol–water partition coefficient (Wildman–Crippen LogP) is 5.79. The molecule has 4 rings (SSSR count). The molecule has 0 amide bonds. The van der Waals surface area contributed by atoms with Gasteiger partial charge in [-0.3, -0.25) is 4.79 Å². The van der Waals surface area contributed by atoms with Gasteiger partial charge in [0.25, 0.3) is 0 Å². The minimum atomic E-state index is -0.155. The lowest BCUT2D eigenvalue weighted by molar-refractivity contribution is -0.110. The first kappa shape index (κ1) is 22.3. The molecule has 0 bridgehead atoms. The number of rotatable bonds is 8. The molecule has 5 heteroatoms. The molecule has 168 valence electrons. The Balaban J connectivity index is 1.24. The average Bonchev–Trinajstić information content (AvgIpc) is 2.84. The SMILES string of the molecule is O=C(/C=C/c1ccc(OC2CCCCO2)cc1)/C=C/c1ccc(OC2CCCCO2)cc1. The monoisotopic (exact) mass is 434 g/mol. The van der Waals surface area contributed by atoms with Crippen LogP contribution in [0, 0.1) is 0 Å². The van der Waals surface area contributed by atoms with E-state index in [0.29, 0.717) is 0 Å². The molecule has 2 saturated heterocycles. The fourth-order valence-electron chi connectivity index (χ4n) is 3.64. The van der Waals surface area contributed by atoms with E-state index in [1.165, 1.54) is 0 Å². The molecule has 0 N–H and O–H groups in total. The summed E-state index contributed by atoms with van der Waals surface area (Å²) in [4.78, 5) is 12.2. The van der Waals surface area contributed by atoms with Crippen LogP contribution in [0.2, 0.25) is 0 Å². The summed E-state index contributed by atoms with van der Waals surface area (Å²) in [6.45, 7) is 1.52.